The van der Waals surface area contributed by atoms with E-state index in [0.29, 0.717) is 12.3 Å². The Kier molecular flexibility index (Phi) is 2.75. The largest absolute Gasteiger partial charge is 0.477 e. The monoisotopic (exact) mass is 268 g/mol. The number of para-hydroxylation sites is 1. The predicted octanol–water partition coefficient (Wildman–Crippen LogP) is 1.99. The Labute approximate surface area is 114 Å². The fourth-order valence-electron chi connectivity index (χ4n) is 2.38. The van der Waals surface area contributed by atoms with Crippen LogP contribution in [0.25, 0.3) is 0 Å². The lowest BCUT2D eigenvalue weighted by atomic mass is 10.1. The minimum absolute atomic E-state index is 0.0240. The minimum Gasteiger partial charge on any atom is -0.477 e. The normalized spacial score (nSPS) is 12.9. The lowest BCUT2D eigenvalue weighted by molar-refractivity contribution is 0.0687. The second-order valence-electron chi connectivity index (χ2n) is 4.66. The summed E-state index contributed by atoms with van der Waals surface area (Å²) in [6, 6.07) is 9.03. The lowest BCUT2D eigenvalue weighted by Gasteiger charge is -2.11. The topological polar surface area (TPSA) is 71.7 Å². The molecule has 2 aromatic rings. The van der Waals surface area contributed by atoms with E-state index in [2.05, 4.69) is 4.99 Å². The molecule has 0 spiro atoms. The highest BCUT2D eigenvalue weighted by molar-refractivity contribution is 5.99. The number of carboxylic acids is 1. The number of hydrogen-bond donors (Lipinski definition) is 1. The summed E-state index contributed by atoms with van der Waals surface area (Å²) in [5.41, 5.74) is 1.81. The first kappa shape index (κ1) is 12.3. The molecule has 1 aliphatic heterocycles. The van der Waals surface area contributed by atoms with Crippen molar-refractivity contribution in [3.63, 3.8) is 0 Å². The third-order valence-corrected chi connectivity index (χ3v) is 3.41. The summed E-state index contributed by atoms with van der Waals surface area (Å²) in [7, 11) is 0. The maximum atomic E-state index is 11.6. The van der Waals surface area contributed by atoms with Crippen molar-refractivity contribution in [1.82, 2.24) is 4.57 Å². The molecule has 5 heteroatoms. The molecule has 5 nitrogen and oxygen atoms in total. The highest BCUT2D eigenvalue weighted by atomic mass is 16.4. The first-order valence-corrected chi connectivity index (χ1v) is 6.19. The van der Waals surface area contributed by atoms with Gasteiger partial charge in [-0.15, -0.1) is 0 Å². The van der Waals surface area contributed by atoms with E-state index in [1.165, 1.54) is 23.8 Å². The van der Waals surface area contributed by atoms with Gasteiger partial charge < -0.3 is 5.11 Å². The molecule has 0 bridgehead atoms. The fraction of sp³-hybridized carbons (Fsp3) is 0.133. The van der Waals surface area contributed by atoms with Crippen molar-refractivity contribution >= 4 is 17.5 Å². The van der Waals surface area contributed by atoms with Crippen molar-refractivity contribution in [1.29, 1.82) is 0 Å². The standard InChI is InChI=1S/C15H12N2O3/c1-9-12(18)6-7-17(14(9)15(19)20)13-8-10-4-2-3-5-11(10)16-13/h2-7H,8H2,1H3,(H,19,20). The molecule has 2 heterocycles. The van der Waals surface area contributed by atoms with Gasteiger partial charge in [0.1, 0.15) is 11.5 Å². The molecule has 0 saturated carbocycles. The van der Waals surface area contributed by atoms with Crippen molar-refractivity contribution in [2.45, 2.75) is 13.3 Å². The Morgan fingerprint density at radius 2 is 2.05 bits per heavy atom. The number of carbonyl (C=O) groups is 1. The number of nitrogens with zero attached hydrogens (tertiary/aromatic N) is 2. The first-order valence-electron chi connectivity index (χ1n) is 6.19. The minimum atomic E-state index is -1.13. The summed E-state index contributed by atoms with van der Waals surface area (Å²) in [5, 5.41) is 9.33. The van der Waals surface area contributed by atoms with Crippen LogP contribution in [0.5, 0.6) is 0 Å². The van der Waals surface area contributed by atoms with Gasteiger partial charge in [0.05, 0.1) is 5.69 Å². The summed E-state index contributed by atoms with van der Waals surface area (Å²) in [4.78, 5) is 27.5. The molecular formula is C15H12N2O3. The number of rotatable bonds is 1. The van der Waals surface area contributed by atoms with E-state index in [0.717, 1.165) is 11.3 Å². The Balaban J connectivity index is 2.17. The van der Waals surface area contributed by atoms with Crippen LogP contribution in [-0.2, 0) is 6.42 Å². The van der Waals surface area contributed by atoms with Crippen LogP contribution in [0.1, 0.15) is 21.6 Å². The van der Waals surface area contributed by atoms with Crippen LogP contribution >= 0.6 is 0 Å². The van der Waals surface area contributed by atoms with Gasteiger partial charge in [-0.05, 0) is 18.6 Å². The van der Waals surface area contributed by atoms with E-state index in [1.54, 1.807) is 0 Å². The lowest BCUT2D eigenvalue weighted by Crippen LogP contribution is -2.25. The van der Waals surface area contributed by atoms with E-state index in [9.17, 15) is 14.7 Å². The second-order valence-corrected chi connectivity index (χ2v) is 4.66. The van der Waals surface area contributed by atoms with Gasteiger partial charge in [0.15, 0.2) is 5.43 Å². The molecule has 0 atom stereocenters. The van der Waals surface area contributed by atoms with Gasteiger partial charge in [0.25, 0.3) is 0 Å². The highest BCUT2D eigenvalue weighted by Gasteiger charge is 2.21. The van der Waals surface area contributed by atoms with Gasteiger partial charge in [-0.1, -0.05) is 18.2 Å². The average molecular weight is 268 g/mol. The van der Waals surface area contributed by atoms with Gasteiger partial charge >= 0.3 is 5.97 Å². The van der Waals surface area contributed by atoms with Crippen molar-refractivity contribution in [3.8, 4) is 0 Å². The Hall–Kier alpha value is -2.69. The summed E-state index contributed by atoms with van der Waals surface area (Å²) >= 11 is 0. The molecule has 1 aromatic carbocycles. The zero-order chi connectivity index (χ0) is 14.3. The van der Waals surface area contributed by atoms with E-state index >= 15 is 0 Å². The molecule has 20 heavy (non-hydrogen) atoms. The summed E-state index contributed by atoms with van der Waals surface area (Å²) < 4.78 is 1.49. The molecule has 0 unspecified atom stereocenters. The SMILES string of the molecule is Cc1c(C(=O)O)n(C2=Nc3ccccc3C2)ccc1=O. The molecule has 1 aromatic heterocycles. The number of pyridine rings is 1. The van der Waals surface area contributed by atoms with Gasteiger partial charge in [-0.2, -0.15) is 0 Å². The maximum Gasteiger partial charge on any atom is 0.353 e. The molecule has 0 amide bonds. The Morgan fingerprint density at radius 1 is 1.30 bits per heavy atom. The third kappa shape index (κ3) is 1.84. The van der Waals surface area contributed by atoms with Crippen LogP contribution in [0, 0.1) is 6.92 Å². The van der Waals surface area contributed by atoms with Crippen LogP contribution in [0.15, 0.2) is 46.3 Å². The molecule has 1 aliphatic rings. The fourth-order valence-corrected chi connectivity index (χ4v) is 2.38. The van der Waals surface area contributed by atoms with Crippen molar-refractivity contribution in [2.75, 3.05) is 0 Å². The zero-order valence-corrected chi connectivity index (χ0v) is 10.8. The van der Waals surface area contributed by atoms with Crippen LogP contribution < -0.4 is 5.43 Å². The number of aliphatic imine (C=N–C) groups is 1. The van der Waals surface area contributed by atoms with E-state index < -0.39 is 5.97 Å². The van der Waals surface area contributed by atoms with Gasteiger partial charge in [-0.3, -0.25) is 9.36 Å². The van der Waals surface area contributed by atoms with Crippen LogP contribution in [0.3, 0.4) is 0 Å². The average Bonchev–Trinajstić information content (AvgIpc) is 2.84. The molecule has 100 valence electrons. The number of carboxylic acid groups (broad SMARTS) is 1. The van der Waals surface area contributed by atoms with E-state index in [-0.39, 0.29) is 16.7 Å². The van der Waals surface area contributed by atoms with Crippen molar-refractivity contribution in [3.05, 3.63) is 63.6 Å². The molecule has 3 rings (SSSR count). The number of fused-ring (bicyclic) bond motifs is 1. The van der Waals surface area contributed by atoms with Gasteiger partial charge in [0.2, 0.25) is 0 Å². The second kappa shape index (κ2) is 4.45. The smallest absolute Gasteiger partial charge is 0.353 e. The third-order valence-electron chi connectivity index (χ3n) is 3.41. The number of hydrogen-bond acceptors (Lipinski definition) is 3. The Morgan fingerprint density at radius 3 is 2.75 bits per heavy atom. The van der Waals surface area contributed by atoms with Gasteiger partial charge in [0, 0.05) is 24.2 Å². The number of benzene rings is 1. The van der Waals surface area contributed by atoms with Crippen LogP contribution in [0.4, 0.5) is 5.69 Å². The van der Waals surface area contributed by atoms with Crippen molar-refractivity contribution < 1.29 is 9.90 Å². The van der Waals surface area contributed by atoms with Crippen LogP contribution in [-0.4, -0.2) is 21.5 Å². The van der Waals surface area contributed by atoms with Crippen molar-refractivity contribution in [2.24, 2.45) is 4.99 Å². The summed E-state index contributed by atoms with van der Waals surface area (Å²) in [6.45, 7) is 1.52. The molecule has 0 aliphatic carbocycles. The Bertz CT molecular complexity index is 803. The highest BCUT2D eigenvalue weighted by Crippen LogP contribution is 2.26. The molecular weight excluding hydrogens is 256 g/mol. The summed E-state index contributed by atoms with van der Waals surface area (Å²) in [6.07, 6.45) is 2.03. The summed E-state index contributed by atoms with van der Waals surface area (Å²) in [5.74, 6) is -0.509. The van der Waals surface area contributed by atoms with E-state index in [4.69, 9.17) is 0 Å². The number of aromatic carboxylic acids is 1. The predicted molar refractivity (Wildman–Crippen MR) is 75.0 cm³/mol. The number of aromatic nitrogens is 1. The zero-order valence-electron chi connectivity index (χ0n) is 10.8. The maximum absolute atomic E-state index is 11.6. The molecule has 0 saturated heterocycles. The first-order chi connectivity index (χ1) is 9.58. The quantitative estimate of drug-likeness (QED) is 0.859. The van der Waals surface area contributed by atoms with Gasteiger partial charge in [-0.25, -0.2) is 9.79 Å². The molecule has 0 radical (unpaired) electrons. The van der Waals surface area contributed by atoms with Crippen LogP contribution in [0.2, 0.25) is 0 Å². The molecule has 0 fully saturated rings. The molecule has 1 N–H and O–H groups in total. The van der Waals surface area contributed by atoms with E-state index in [1.807, 2.05) is 24.3 Å².